The topological polar surface area (TPSA) is 52.6 Å². The number of carbonyl (C=O) groups excluding carboxylic acids is 1. The van der Waals surface area contributed by atoms with E-state index in [2.05, 4.69) is 5.32 Å². The molecule has 0 aliphatic carbocycles. The van der Waals surface area contributed by atoms with Crippen LogP contribution >= 0.6 is 0 Å². The monoisotopic (exact) mass is 278 g/mol. The standard InChI is InChI=1S/C16H26N2O2/c1-6-14(15(20)17-16(2,3)4)18(5)11-12-8-7-9-13(19)10-12/h7-10,14,19H,6,11H2,1-5H3,(H,17,20)/t14-/m1/s1. The number of phenolic OH excluding ortho intramolecular Hbond substituents is 1. The molecule has 0 radical (unpaired) electrons. The zero-order valence-corrected chi connectivity index (χ0v) is 13.1. The summed E-state index contributed by atoms with van der Waals surface area (Å²) in [5.74, 6) is 0.297. The van der Waals surface area contributed by atoms with Crippen LogP contribution in [0.1, 0.15) is 39.7 Å². The molecule has 0 spiro atoms. The van der Waals surface area contributed by atoms with Gasteiger partial charge in [0.2, 0.25) is 5.91 Å². The third-order valence-electron chi connectivity index (χ3n) is 3.06. The smallest absolute Gasteiger partial charge is 0.237 e. The lowest BCUT2D eigenvalue weighted by Gasteiger charge is -2.30. The number of nitrogens with one attached hydrogen (secondary N) is 1. The minimum Gasteiger partial charge on any atom is -0.508 e. The normalized spacial score (nSPS) is 13.3. The van der Waals surface area contributed by atoms with Crippen molar-refractivity contribution in [1.82, 2.24) is 10.2 Å². The van der Waals surface area contributed by atoms with Gasteiger partial charge in [0.05, 0.1) is 6.04 Å². The fourth-order valence-electron chi connectivity index (χ4n) is 2.20. The lowest BCUT2D eigenvalue weighted by atomic mass is 10.1. The maximum atomic E-state index is 12.3. The summed E-state index contributed by atoms with van der Waals surface area (Å²) in [4.78, 5) is 14.3. The Morgan fingerprint density at radius 2 is 2.05 bits per heavy atom. The van der Waals surface area contributed by atoms with Crippen LogP contribution in [0.3, 0.4) is 0 Å². The zero-order valence-electron chi connectivity index (χ0n) is 13.1. The molecule has 0 heterocycles. The summed E-state index contributed by atoms with van der Waals surface area (Å²) in [5, 5.41) is 12.5. The van der Waals surface area contributed by atoms with Crippen molar-refractivity contribution in [3.8, 4) is 5.75 Å². The highest BCUT2D eigenvalue weighted by molar-refractivity contribution is 5.82. The lowest BCUT2D eigenvalue weighted by molar-refractivity contribution is -0.127. The van der Waals surface area contributed by atoms with Crippen molar-refractivity contribution in [2.24, 2.45) is 0 Å². The zero-order chi connectivity index (χ0) is 15.3. The van der Waals surface area contributed by atoms with Crippen LogP contribution in [-0.4, -0.2) is 34.5 Å². The van der Waals surface area contributed by atoms with Gasteiger partial charge in [-0.1, -0.05) is 19.1 Å². The third-order valence-corrected chi connectivity index (χ3v) is 3.06. The Bertz CT molecular complexity index is 452. The molecule has 20 heavy (non-hydrogen) atoms. The Hall–Kier alpha value is -1.55. The fraction of sp³-hybridized carbons (Fsp3) is 0.562. The summed E-state index contributed by atoms with van der Waals surface area (Å²) < 4.78 is 0. The summed E-state index contributed by atoms with van der Waals surface area (Å²) in [6.45, 7) is 8.57. The van der Waals surface area contributed by atoms with Gasteiger partial charge >= 0.3 is 0 Å². The minimum absolute atomic E-state index is 0.0441. The lowest BCUT2D eigenvalue weighted by Crippen LogP contribution is -2.50. The van der Waals surface area contributed by atoms with E-state index in [-0.39, 0.29) is 23.2 Å². The van der Waals surface area contributed by atoms with E-state index in [4.69, 9.17) is 0 Å². The number of hydrogen-bond acceptors (Lipinski definition) is 3. The molecule has 0 fully saturated rings. The van der Waals surface area contributed by atoms with E-state index in [9.17, 15) is 9.90 Å². The van der Waals surface area contributed by atoms with Crippen molar-refractivity contribution in [2.75, 3.05) is 7.05 Å². The number of benzene rings is 1. The molecule has 112 valence electrons. The first-order valence-corrected chi connectivity index (χ1v) is 7.03. The van der Waals surface area contributed by atoms with Crippen molar-refractivity contribution < 1.29 is 9.90 Å². The maximum absolute atomic E-state index is 12.3. The highest BCUT2D eigenvalue weighted by atomic mass is 16.3. The van der Waals surface area contributed by atoms with Gasteiger partial charge in [0, 0.05) is 12.1 Å². The second-order valence-electron chi connectivity index (χ2n) is 6.25. The Labute approximate surface area is 121 Å². The van der Waals surface area contributed by atoms with Crippen molar-refractivity contribution in [1.29, 1.82) is 0 Å². The molecule has 0 saturated heterocycles. The van der Waals surface area contributed by atoms with Crippen LogP contribution in [0, 0.1) is 0 Å². The number of phenols is 1. The first kappa shape index (κ1) is 16.5. The third kappa shape index (κ3) is 5.21. The van der Waals surface area contributed by atoms with E-state index in [0.29, 0.717) is 6.54 Å². The van der Waals surface area contributed by atoms with Crippen molar-refractivity contribution >= 4 is 5.91 Å². The number of likely N-dealkylation sites (N-methyl/N-ethyl adjacent to an activating group) is 1. The molecule has 1 aromatic carbocycles. The van der Waals surface area contributed by atoms with E-state index in [1.54, 1.807) is 12.1 Å². The number of hydrogen-bond donors (Lipinski definition) is 2. The molecule has 0 saturated carbocycles. The summed E-state index contributed by atoms with van der Waals surface area (Å²) in [7, 11) is 1.93. The van der Waals surface area contributed by atoms with E-state index in [1.807, 2.05) is 51.8 Å². The van der Waals surface area contributed by atoms with Crippen LogP contribution in [0.4, 0.5) is 0 Å². The molecule has 0 aliphatic rings. The van der Waals surface area contributed by atoms with Crippen LogP contribution in [0.15, 0.2) is 24.3 Å². The second-order valence-corrected chi connectivity index (χ2v) is 6.25. The average Bonchev–Trinajstić information content (AvgIpc) is 2.27. The first-order chi connectivity index (χ1) is 9.23. The molecule has 4 nitrogen and oxygen atoms in total. The summed E-state index contributed by atoms with van der Waals surface area (Å²) in [6, 6.07) is 6.97. The van der Waals surface area contributed by atoms with Crippen LogP contribution in [0.25, 0.3) is 0 Å². The second kappa shape index (κ2) is 6.75. The molecule has 0 aromatic heterocycles. The van der Waals surface area contributed by atoms with Gasteiger partial charge in [0.25, 0.3) is 0 Å². The SMILES string of the molecule is CC[C@H](C(=O)NC(C)(C)C)N(C)Cc1cccc(O)c1. The van der Waals surface area contributed by atoms with Gasteiger partial charge in [-0.25, -0.2) is 0 Å². The van der Waals surface area contributed by atoms with Gasteiger partial charge in [0.15, 0.2) is 0 Å². The molecule has 0 bridgehead atoms. The Morgan fingerprint density at radius 3 is 2.55 bits per heavy atom. The quantitative estimate of drug-likeness (QED) is 0.870. The molecule has 1 amide bonds. The van der Waals surface area contributed by atoms with E-state index < -0.39 is 0 Å². The summed E-state index contributed by atoms with van der Waals surface area (Å²) >= 11 is 0. The average molecular weight is 278 g/mol. The number of nitrogens with zero attached hydrogens (tertiary/aromatic N) is 1. The van der Waals surface area contributed by atoms with Gasteiger partial charge in [-0.2, -0.15) is 0 Å². The first-order valence-electron chi connectivity index (χ1n) is 7.03. The largest absolute Gasteiger partial charge is 0.508 e. The van der Waals surface area contributed by atoms with Gasteiger partial charge < -0.3 is 10.4 Å². The number of carbonyl (C=O) groups is 1. The molecular formula is C16H26N2O2. The van der Waals surface area contributed by atoms with Crippen molar-refractivity contribution in [3.63, 3.8) is 0 Å². The maximum Gasteiger partial charge on any atom is 0.237 e. The predicted octanol–water partition coefficient (Wildman–Crippen LogP) is 2.52. The van der Waals surface area contributed by atoms with Gasteiger partial charge in [0.1, 0.15) is 5.75 Å². The molecule has 1 rings (SSSR count). The number of aromatic hydroxyl groups is 1. The Kier molecular flexibility index (Phi) is 5.57. The van der Waals surface area contributed by atoms with Crippen LogP contribution in [0.2, 0.25) is 0 Å². The molecule has 4 heteroatoms. The molecule has 0 aliphatic heterocycles. The Balaban J connectivity index is 2.72. The van der Waals surface area contributed by atoms with Crippen LogP contribution in [0.5, 0.6) is 5.75 Å². The molecular weight excluding hydrogens is 252 g/mol. The number of rotatable bonds is 5. The van der Waals surface area contributed by atoms with Gasteiger partial charge in [-0.3, -0.25) is 9.69 Å². The highest BCUT2D eigenvalue weighted by Crippen LogP contribution is 2.15. The van der Waals surface area contributed by atoms with Gasteiger partial charge in [-0.15, -0.1) is 0 Å². The van der Waals surface area contributed by atoms with Crippen molar-refractivity contribution in [2.45, 2.75) is 52.2 Å². The van der Waals surface area contributed by atoms with E-state index in [0.717, 1.165) is 12.0 Å². The Morgan fingerprint density at radius 1 is 1.40 bits per heavy atom. The molecule has 0 unspecified atom stereocenters. The minimum atomic E-state index is -0.226. The van der Waals surface area contributed by atoms with Crippen LogP contribution in [-0.2, 0) is 11.3 Å². The summed E-state index contributed by atoms with van der Waals surface area (Å²) in [5.41, 5.74) is 0.769. The van der Waals surface area contributed by atoms with Crippen LogP contribution < -0.4 is 5.32 Å². The van der Waals surface area contributed by atoms with Crippen molar-refractivity contribution in [3.05, 3.63) is 29.8 Å². The number of amides is 1. The van der Waals surface area contributed by atoms with Gasteiger partial charge in [-0.05, 0) is 51.9 Å². The molecule has 1 atom stereocenters. The molecule has 2 N–H and O–H groups in total. The summed E-state index contributed by atoms with van der Waals surface area (Å²) in [6.07, 6.45) is 0.747. The predicted molar refractivity (Wildman–Crippen MR) is 81.5 cm³/mol. The van der Waals surface area contributed by atoms with E-state index in [1.165, 1.54) is 0 Å². The highest BCUT2D eigenvalue weighted by Gasteiger charge is 2.24. The molecule has 1 aromatic rings. The fourth-order valence-corrected chi connectivity index (χ4v) is 2.20. The van der Waals surface area contributed by atoms with E-state index >= 15 is 0 Å².